The molecule has 1 N–H and O–H groups in total. The van der Waals surface area contributed by atoms with Gasteiger partial charge in [0, 0.05) is 31.1 Å². The third-order valence-corrected chi connectivity index (χ3v) is 5.28. The normalized spacial score (nSPS) is 22.5. The maximum atomic E-state index is 12.6. The molecule has 3 heterocycles. The first kappa shape index (κ1) is 14.8. The summed E-state index contributed by atoms with van der Waals surface area (Å²) in [6.07, 6.45) is -0.389. The molecule has 2 aromatic rings. The highest BCUT2D eigenvalue weighted by Crippen LogP contribution is 2.20. The van der Waals surface area contributed by atoms with Gasteiger partial charge < -0.3 is 19.5 Å². The van der Waals surface area contributed by atoms with Gasteiger partial charge in [-0.15, -0.1) is 0 Å². The van der Waals surface area contributed by atoms with Crippen molar-refractivity contribution in [1.82, 2.24) is 14.9 Å². The van der Waals surface area contributed by atoms with Crippen LogP contribution in [0.15, 0.2) is 24.3 Å². The largest absolute Gasteiger partial charge is 0.365 e. The van der Waals surface area contributed by atoms with Crippen molar-refractivity contribution < 1.29 is 9.53 Å². The van der Waals surface area contributed by atoms with Crippen LogP contribution in [0.2, 0.25) is 0 Å². The highest BCUT2D eigenvalue weighted by molar-refractivity contribution is 7.99. The van der Waals surface area contributed by atoms with Gasteiger partial charge in [0.2, 0.25) is 5.95 Å². The van der Waals surface area contributed by atoms with E-state index in [0.717, 1.165) is 48.1 Å². The highest BCUT2D eigenvalue weighted by atomic mass is 32.2. The number of ether oxygens (including phenoxy) is 1. The Kier molecular flexibility index (Phi) is 4.13. The van der Waals surface area contributed by atoms with Crippen LogP contribution in [0.4, 0.5) is 5.95 Å². The Labute approximate surface area is 139 Å². The molecular formula is C16H20N4O2S. The summed E-state index contributed by atoms with van der Waals surface area (Å²) in [5, 5.41) is 0. The fraction of sp³-hybridized carbons (Fsp3) is 0.500. The molecule has 0 aliphatic carbocycles. The van der Waals surface area contributed by atoms with Gasteiger partial charge in [0.15, 0.2) is 6.10 Å². The minimum atomic E-state index is -0.389. The number of benzene rings is 1. The number of H-pyrrole nitrogens is 1. The number of para-hydroxylation sites is 2. The monoisotopic (exact) mass is 332 g/mol. The summed E-state index contributed by atoms with van der Waals surface area (Å²) in [6.45, 7) is 3.51. The van der Waals surface area contributed by atoms with Crippen molar-refractivity contribution in [2.24, 2.45) is 0 Å². The van der Waals surface area contributed by atoms with E-state index in [4.69, 9.17) is 4.74 Å². The summed E-state index contributed by atoms with van der Waals surface area (Å²) in [6, 6.07) is 7.97. The molecule has 1 amide bonds. The van der Waals surface area contributed by atoms with Crippen LogP contribution in [-0.2, 0) is 9.53 Å². The summed E-state index contributed by atoms with van der Waals surface area (Å²) in [5.41, 5.74) is 1.97. The lowest BCUT2D eigenvalue weighted by Gasteiger charge is -2.35. The Morgan fingerprint density at radius 3 is 2.91 bits per heavy atom. The number of rotatable bonds is 2. The molecule has 7 heteroatoms. The smallest absolute Gasteiger partial charge is 0.253 e. The third kappa shape index (κ3) is 3.03. The maximum Gasteiger partial charge on any atom is 0.253 e. The number of morpholine rings is 1. The van der Waals surface area contributed by atoms with Gasteiger partial charge >= 0.3 is 0 Å². The van der Waals surface area contributed by atoms with Crippen LogP contribution in [0.1, 0.15) is 0 Å². The van der Waals surface area contributed by atoms with Crippen LogP contribution < -0.4 is 4.90 Å². The zero-order chi connectivity index (χ0) is 15.6. The Morgan fingerprint density at radius 1 is 1.26 bits per heavy atom. The first-order valence-electron chi connectivity index (χ1n) is 7.99. The van der Waals surface area contributed by atoms with Gasteiger partial charge in [-0.2, -0.15) is 11.8 Å². The number of amides is 1. The van der Waals surface area contributed by atoms with Gasteiger partial charge in [0.1, 0.15) is 0 Å². The van der Waals surface area contributed by atoms with Crippen LogP contribution in [0, 0.1) is 0 Å². The van der Waals surface area contributed by atoms with Crippen molar-refractivity contribution >= 4 is 34.7 Å². The van der Waals surface area contributed by atoms with Crippen LogP contribution in [0.25, 0.3) is 11.0 Å². The van der Waals surface area contributed by atoms with E-state index in [-0.39, 0.29) is 12.0 Å². The molecule has 2 fully saturated rings. The minimum Gasteiger partial charge on any atom is -0.365 e. The summed E-state index contributed by atoms with van der Waals surface area (Å²) >= 11 is 1.90. The molecule has 4 rings (SSSR count). The lowest BCUT2D eigenvalue weighted by Crippen LogP contribution is -2.52. The lowest BCUT2D eigenvalue weighted by molar-refractivity contribution is -0.144. The van der Waals surface area contributed by atoms with E-state index in [1.54, 1.807) is 0 Å². The number of nitrogens with one attached hydrogen (secondary N) is 1. The number of carbonyl (C=O) groups is 1. The summed E-state index contributed by atoms with van der Waals surface area (Å²) in [5.74, 6) is 2.98. The number of fused-ring (bicyclic) bond motifs is 1. The topological polar surface area (TPSA) is 61.5 Å². The second-order valence-corrected chi connectivity index (χ2v) is 7.05. The van der Waals surface area contributed by atoms with Gasteiger partial charge in [-0.1, -0.05) is 12.1 Å². The second kappa shape index (κ2) is 6.41. The maximum absolute atomic E-state index is 12.6. The molecule has 6 nitrogen and oxygen atoms in total. The SMILES string of the molecule is O=C(C1CN(c2nc3ccccc3[nH]2)CCO1)N1CCSCC1. The lowest BCUT2D eigenvalue weighted by atomic mass is 10.2. The van der Waals surface area contributed by atoms with Crippen LogP contribution in [-0.4, -0.2) is 71.2 Å². The number of aromatic amines is 1. The number of imidazole rings is 1. The van der Waals surface area contributed by atoms with Crippen molar-refractivity contribution in [3.63, 3.8) is 0 Å². The van der Waals surface area contributed by atoms with E-state index in [0.29, 0.717) is 13.2 Å². The van der Waals surface area contributed by atoms with E-state index in [9.17, 15) is 4.79 Å². The third-order valence-electron chi connectivity index (χ3n) is 4.34. The first-order chi connectivity index (χ1) is 11.3. The molecule has 2 aliphatic rings. The van der Waals surface area contributed by atoms with Crippen molar-refractivity contribution in [1.29, 1.82) is 0 Å². The zero-order valence-electron chi connectivity index (χ0n) is 12.9. The predicted octanol–water partition coefficient (Wildman–Crippen LogP) is 1.34. The molecule has 0 saturated carbocycles. The number of thioether (sulfide) groups is 1. The molecule has 1 aromatic carbocycles. The van der Waals surface area contributed by atoms with E-state index in [1.165, 1.54) is 0 Å². The minimum absolute atomic E-state index is 0.117. The number of anilines is 1. The number of hydrogen-bond donors (Lipinski definition) is 1. The highest BCUT2D eigenvalue weighted by Gasteiger charge is 2.31. The van der Waals surface area contributed by atoms with E-state index >= 15 is 0 Å². The average Bonchev–Trinajstić information content (AvgIpc) is 3.06. The summed E-state index contributed by atoms with van der Waals surface area (Å²) in [7, 11) is 0. The quantitative estimate of drug-likeness (QED) is 0.899. The molecule has 122 valence electrons. The van der Waals surface area contributed by atoms with Gasteiger partial charge in [0.25, 0.3) is 5.91 Å². The Hall–Kier alpha value is -1.73. The molecule has 0 radical (unpaired) electrons. The molecule has 1 atom stereocenters. The van der Waals surface area contributed by atoms with E-state index in [1.807, 2.05) is 40.9 Å². The zero-order valence-corrected chi connectivity index (χ0v) is 13.7. The standard InChI is InChI=1S/C16H20N4O2S/c21-15(19-6-9-23-10-7-19)14-11-20(5-8-22-14)16-17-12-3-1-2-4-13(12)18-16/h1-4,14H,5-11H2,(H,17,18). The Bertz CT molecular complexity index is 665. The van der Waals surface area contributed by atoms with Crippen LogP contribution in [0.5, 0.6) is 0 Å². The van der Waals surface area contributed by atoms with Crippen molar-refractivity contribution in [3.05, 3.63) is 24.3 Å². The van der Waals surface area contributed by atoms with Gasteiger partial charge in [-0.3, -0.25) is 4.79 Å². The molecule has 1 unspecified atom stereocenters. The first-order valence-corrected chi connectivity index (χ1v) is 9.14. The number of nitrogens with zero attached hydrogens (tertiary/aromatic N) is 3. The molecule has 2 saturated heterocycles. The van der Waals surface area contributed by atoms with Crippen molar-refractivity contribution in [2.75, 3.05) is 49.2 Å². The molecule has 2 aliphatic heterocycles. The summed E-state index contributed by atoms with van der Waals surface area (Å²) in [4.78, 5) is 24.7. The van der Waals surface area contributed by atoms with Crippen LogP contribution >= 0.6 is 11.8 Å². The number of aromatic nitrogens is 2. The average molecular weight is 332 g/mol. The van der Waals surface area contributed by atoms with Crippen LogP contribution in [0.3, 0.4) is 0 Å². The Balaban J connectivity index is 1.48. The molecule has 0 spiro atoms. The second-order valence-electron chi connectivity index (χ2n) is 5.82. The molecular weight excluding hydrogens is 312 g/mol. The Morgan fingerprint density at radius 2 is 2.09 bits per heavy atom. The van der Waals surface area contributed by atoms with Gasteiger partial charge in [0.05, 0.1) is 24.2 Å². The molecule has 1 aromatic heterocycles. The number of carbonyl (C=O) groups excluding carboxylic acids is 1. The van der Waals surface area contributed by atoms with Crippen molar-refractivity contribution in [3.8, 4) is 0 Å². The predicted molar refractivity (Wildman–Crippen MR) is 92.0 cm³/mol. The fourth-order valence-electron chi connectivity index (χ4n) is 3.07. The van der Waals surface area contributed by atoms with Crippen molar-refractivity contribution in [2.45, 2.75) is 6.10 Å². The van der Waals surface area contributed by atoms with E-state index in [2.05, 4.69) is 14.9 Å². The van der Waals surface area contributed by atoms with Gasteiger partial charge in [-0.05, 0) is 12.1 Å². The summed E-state index contributed by atoms with van der Waals surface area (Å²) < 4.78 is 5.74. The fourth-order valence-corrected chi connectivity index (χ4v) is 3.97. The molecule has 23 heavy (non-hydrogen) atoms. The van der Waals surface area contributed by atoms with E-state index < -0.39 is 0 Å². The molecule has 0 bridgehead atoms. The number of hydrogen-bond acceptors (Lipinski definition) is 5. The van der Waals surface area contributed by atoms with Gasteiger partial charge in [-0.25, -0.2) is 4.98 Å².